The van der Waals surface area contributed by atoms with Crippen LogP contribution in [-0.4, -0.2) is 27.0 Å². The summed E-state index contributed by atoms with van der Waals surface area (Å²) < 4.78 is 47.1. The van der Waals surface area contributed by atoms with E-state index >= 15 is 0 Å². The number of halogens is 3. The molecule has 0 saturated carbocycles. The molecular weight excluding hydrogens is 401 g/mol. The van der Waals surface area contributed by atoms with Crippen molar-refractivity contribution in [1.29, 1.82) is 0 Å². The predicted molar refractivity (Wildman–Crippen MR) is 102 cm³/mol. The number of aliphatic hydroxyl groups is 1. The van der Waals surface area contributed by atoms with Crippen LogP contribution in [0.5, 0.6) is 0 Å². The van der Waals surface area contributed by atoms with Crippen LogP contribution in [0.1, 0.15) is 53.3 Å². The molecule has 3 N–H and O–H groups in total. The zero-order valence-corrected chi connectivity index (χ0v) is 15.8. The van der Waals surface area contributed by atoms with E-state index < -0.39 is 30.3 Å². The van der Waals surface area contributed by atoms with Gasteiger partial charge in [0, 0.05) is 18.2 Å². The molecule has 0 saturated heterocycles. The summed E-state index contributed by atoms with van der Waals surface area (Å²) in [6.45, 7) is 1.59. The van der Waals surface area contributed by atoms with Crippen LogP contribution in [0.4, 0.5) is 24.7 Å². The second-order valence-electron chi connectivity index (χ2n) is 7.12. The third-order valence-corrected chi connectivity index (χ3v) is 4.94. The molecule has 1 aliphatic rings. The molecule has 3 heterocycles. The molecule has 0 unspecified atom stereocenters. The normalized spacial score (nSPS) is 19.6. The van der Waals surface area contributed by atoms with Gasteiger partial charge in [0.25, 0.3) is 5.91 Å². The first-order chi connectivity index (χ1) is 14.2. The minimum Gasteiger partial charge on any atom is -0.467 e. The van der Waals surface area contributed by atoms with Gasteiger partial charge in [-0.05, 0) is 36.8 Å². The van der Waals surface area contributed by atoms with Gasteiger partial charge >= 0.3 is 6.18 Å². The largest absolute Gasteiger partial charge is 0.467 e. The molecule has 1 aliphatic heterocycles. The van der Waals surface area contributed by atoms with Gasteiger partial charge in [-0.2, -0.15) is 18.3 Å². The van der Waals surface area contributed by atoms with Gasteiger partial charge in [-0.15, -0.1) is 0 Å². The number of benzene rings is 1. The average molecular weight is 420 g/mol. The quantitative estimate of drug-likeness (QED) is 0.580. The van der Waals surface area contributed by atoms with Crippen LogP contribution in [0.3, 0.4) is 0 Å². The number of alkyl halides is 3. The van der Waals surface area contributed by atoms with Crippen molar-refractivity contribution in [2.24, 2.45) is 0 Å². The average Bonchev–Trinajstić information content (AvgIpc) is 3.36. The lowest BCUT2D eigenvalue weighted by Gasteiger charge is -2.32. The van der Waals surface area contributed by atoms with Crippen molar-refractivity contribution in [2.75, 3.05) is 10.6 Å². The summed E-state index contributed by atoms with van der Waals surface area (Å²) >= 11 is 0. The van der Waals surface area contributed by atoms with Crippen LogP contribution in [0, 0.1) is 0 Å². The van der Waals surface area contributed by atoms with Crippen molar-refractivity contribution in [3.8, 4) is 0 Å². The molecule has 10 heteroatoms. The van der Waals surface area contributed by atoms with Crippen molar-refractivity contribution >= 4 is 17.4 Å². The lowest BCUT2D eigenvalue weighted by Crippen LogP contribution is -2.35. The first kappa shape index (κ1) is 20.0. The summed E-state index contributed by atoms with van der Waals surface area (Å²) in [5.74, 6) is -0.206. The molecule has 0 aliphatic carbocycles. The first-order valence-electron chi connectivity index (χ1n) is 9.28. The van der Waals surface area contributed by atoms with Crippen LogP contribution in [-0.2, 0) is 0 Å². The summed E-state index contributed by atoms with van der Waals surface area (Å²) in [6, 6.07) is 8.44. The van der Waals surface area contributed by atoms with Crippen molar-refractivity contribution in [2.45, 2.75) is 37.7 Å². The molecule has 3 atom stereocenters. The molecule has 0 fully saturated rings. The number of fused-ring (bicyclic) bond motifs is 1. The van der Waals surface area contributed by atoms with Crippen molar-refractivity contribution in [1.82, 2.24) is 9.78 Å². The number of aliphatic hydroxyl groups excluding tert-OH is 1. The van der Waals surface area contributed by atoms with E-state index in [9.17, 15) is 23.1 Å². The maximum atomic E-state index is 13.7. The molecular formula is C20H19F3N4O3. The Morgan fingerprint density at radius 1 is 1.33 bits per heavy atom. The molecule has 7 nitrogen and oxygen atoms in total. The highest BCUT2D eigenvalue weighted by molar-refractivity contribution is 6.03. The maximum Gasteiger partial charge on any atom is 0.410 e. The van der Waals surface area contributed by atoms with E-state index in [1.54, 1.807) is 43.3 Å². The Labute approximate surface area is 169 Å². The van der Waals surface area contributed by atoms with Gasteiger partial charge in [0.15, 0.2) is 11.7 Å². The number of aromatic nitrogens is 2. The Balaban J connectivity index is 1.61. The van der Waals surface area contributed by atoms with Crippen molar-refractivity contribution in [3.05, 3.63) is 65.7 Å². The zero-order chi connectivity index (χ0) is 21.5. The molecule has 1 aromatic carbocycles. The summed E-state index contributed by atoms with van der Waals surface area (Å²) in [7, 11) is 0. The highest BCUT2D eigenvalue weighted by Gasteiger charge is 2.47. The lowest BCUT2D eigenvalue weighted by molar-refractivity contribution is -0.174. The van der Waals surface area contributed by atoms with Gasteiger partial charge in [0.1, 0.15) is 11.6 Å². The fraction of sp³-hybridized carbons (Fsp3) is 0.300. The highest BCUT2D eigenvalue weighted by Crippen LogP contribution is 2.43. The summed E-state index contributed by atoms with van der Waals surface area (Å²) in [5, 5.41) is 19.1. The van der Waals surface area contributed by atoms with Gasteiger partial charge in [-0.25, -0.2) is 4.68 Å². The summed E-state index contributed by atoms with van der Waals surface area (Å²) in [6.07, 6.45) is -4.20. The smallest absolute Gasteiger partial charge is 0.410 e. The minimum atomic E-state index is -4.55. The molecule has 30 heavy (non-hydrogen) atoms. The second-order valence-corrected chi connectivity index (χ2v) is 7.12. The van der Waals surface area contributed by atoms with Crippen molar-refractivity contribution < 1.29 is 27.5 Å². The van der Waals surface area contributed by atoms with Crippen LogP contribution >= 0.6 is 0 Å². The molecule has 4 rings (SSSR count). The number of anilines is 2. The Bertz CT molecular complexity index is 1040. The molecule has 2 aromatic heterocycles. The van der Waals surface area contributed by atoms with Crippen LogP contribution in [0.15, 0.2) is 53.1 Å². The number of nitrogens with zero attached hydrogens (tertiary/aromatic N) is 2. The number of hydrogen-bond acceptors (Lipinski definition) is 5. The van der Waals surface area contributed by atoms with E-state index in [0.29, 0.717) is 17.0 Å². The number of carbonyl (C=O) groups is 1. The van der Waals surface area contributed by atoms with Crippen molar-refractivity contribution in [3.63, 3.8) is 0 Å². The van der Waals surface area contributed by atoms with Gasteiger partial charge in [0.05, 0.1) is 18.4 Å². The van der Waals surface area contributed by atoms with E-state index in [0.717, 1.165) is 4.68 Å². The number of hydrogen-bond donors (Lipinski definition) is 3. The molecule has 0 bridgehead atoms. The van der Waals surface area contributed by atoms with Crippen LogP contribution < -0.4 is 10.6 Å². The van der Waals surface area contributed by atoms with Crippen LogP contribution in [0.25, 0.3) is 0 Å². The number of amides is 1. The molecule has 0 radical (unpaired) electrons. The van der Waals surface area contributed by atoms with Gasteiger partial charge in [-0.3, -0.25) is 4.79 Å². The number of carbonyl (C=O) groups excluding carboxylic acids is 1. The fourth-order valence-corrected chi connectivity index (χ4v) is 3.43. The van der Waals surface area contributed by atoms with Crippen LogP contribution in [0.2, 0.25) is 0 Å². The second kappa shape index (κ2) is 7.52. The van der Waals surface area contributed by atoms with E-state index in [4.69, 9.17) is 4.42 Å². The lowest BCUT2D eigenvalue weighted by atomic mass is 10.0. The summed E-state index contributed by atoms with van der Waals surface area (Å²) in [4.78, 5) is 12.6. The van der Waals surface area contributed by atoms with Gasteiger partial charge in [-0.1, -0.05) is 12.1 Å². The number of furan rings is 1. The monoisotopic (exact) mass is 420 g/mol. The predicted octanol–water partition coefficient (Wildman–Crippen LogP) is 4.44. The maximum absolute atomic E-state index is 13.7. The Morgan fingerprint density at radius 3 is 2.80 bits per heavy atom. The Morgan fingerprint density at radius 2 is 2.13 bits per heavy atom. The van der Waals surface area contributed by atoms with E-state index in [-0.39, 0.29) is 17.9 Å². The van der Waals surface area contributed by atoms with Gasteiger partial charge < -0.3 is 20.2 Å². The first-order valence-corrected chi connectivity index (χ1v) is 9.28. The number of nitrogens with one attached hydrogen (secondary N) is 2. The minimum absolute atomic E-state index is 0.0767. The molecule has 0 spiro atoms. The highest BCUT2D eigenvalue weighted by atomic mass is 19.4. The van der Waals surface area contributed by atoms with E-state index in [2.05, 4.69) is 15.7 Å². The zero-order valence-electron chi connectivity index (χ0n) is 15.8. The SMILES string of the molecule is C[C@H](O)c1cccc(NC(=O)c2cc3n(n2)[C@@H](C(F)(F)F)C[C@H](c2ccco2)N3)c1. The fourth-order valence-electron chi connectivity index (χ4n) is 3.43. The van der Waals surface area contributed by atoms with E-state index in [1.165, 1.54) is 12.3 Å². The Hall–Kier alpha value is -3.27. The number of rotatable bonds is 4. The molecule has 3 aromatic rings. The van der Waals surface area contributed by atoms with Gasteiger partial charge in [0.2, 0.25) is 0 Å². The standard InChI is InChI=1S/C20H19F3N4O3/c1-11(28)12-4-2-5-13(8-12)24-19(29)15-10-18-25-14(16-6-3-7-30-16)9-17(20(21,22)23)27(18)26-15/h2-8,10-11,14,17,25,28H,9H2,1H3,(H,24,29)/t11-,14+,17+/m0/s1. The van der Waals surface area contributed by atoms with E-state index in [1.807, 2.05) is 0 Å². The summed E-state index contributed by atoms with van der Waals surface area (Å²) in [5.41, 5.74) is 0.837. The topological polar surface area (TPSA) is 92.3 Å². The Kier molecular flexibility index (Phi) is 5.02. The third-order valence-electron chi connectivity index (χ3n) is 4.94. The molecule has 158 valence electrons. The molecule has 1 amide bonds. The third kappa shape index (κ3) is 3.90.